The number of nitrogens with zero attached hydrogens (tertiary/aromatic N) is 4. The number of rotatable bonds is 2. The number of fused-ring (bicyclic) bond motifs is 1. The van der Waals surface area contributed by atoms with Crippen LogP contribution in [0.5, 0.6) is 0 Å². The van der Waals surface area contributed by atoms with Crippen LogP contribution >= 0.6 is 0 Å². The summed E-state index contributed by atoms with van der Waals surface area (Å²) in [5.41, 5.74) is 4.50. The lowest BCUT2D eigenvalue weighted by Crippen LogP contribution is -2.26. The summed E-state index contributed by atoms with van der Waals surface area (Å²) in [5, 5.41) is 0. The van der Waals surface area contributed by atoms with Crippen molar-refractivity contribution < 1.29 is 9.40 Å². The molecule has 2 rings (SSSR count). The molecule has 0 aliphatic rings. The van der Waals surface area contributed by atoms with Crippen molar-refractivity contribution in [2.24, 2.45) is 14.1 Å². The summed E-state index contributed by atoms with van der Waals surface area (Å²) in [6.45, 7) is 0. The number of aryl methyl sites for hydroxylation is 2. The van der Waals surface area contributed by atoms with Gasteiger partial charge >= 0.3 is 5.65 Å². The van der Waals surface area contributed by atoms with Crippen LogP contribution in [0, 0.1) is 0 Å². The number of anilines is 1. The van der Waals surface area contributed by atoms with E-state index in [1.807, 2.05) is 29.6 Å². The monoisotopic (exact) mass is 194 g/mol. The van der Waals surface area contributed by atoms with Crippen molar-refractivity contribution in [3.63, 3.8) is 0 Å². The second kappa shape index (κ2) is 3.22. The molecule has 0 unspecified atom stereocenters. The number of hydrogen-bond acceptors (Lipinski definition) is 4. The molecule has 2 heterocycles. The molecule has 0 fully saturated rings. The molecule has 0 aromatic carbocycles. The molecule has 2 aromatic heterocycles. The van der Waals surface area contributed by atoms with Crippen LogP contribution in [0.1, 0.15) is 0 Å². The Balaban J connectivity index is 2.72. The van der Waals surface area contributed by atoms with Gasteiger partial charge in [-0.3, -0.25) is 9.40 Å². The highest BCUT2D eigenvalue weighted by Gasteiger charge is 2.16. The van der Waals surface area contributed by atoms with Gasteiger partial charge in [-0.05, 0) is 0 Å². The maximum absolute atomic E-state index is 4.84. The molecule has 0 radical (unpaired) electrons. The molecule has 14 heavy (non-hydrogen) atoms. The summed E-state index contributed by atoms with van der Waals surface area (Å²) < 4.78 is 3.87. The van der Waals surface area contributed by atoms with Gasteiger partial charge in [0.05, 0.1) is 21.2 Å². The maximum atomic E-state index is 4.84. The van der Waals surface area contributed by atoms with Crippen molar-refractivity contribution in [2.75, 3.05) is 12.6 Å². The van der Waals surface area contributed by atoms with Crippen molar-refractivity contribution in [3.05, 3.63) is 12.7 Å². The van der Waals surface area contributed by atoms with E-state index < -0.39 is 0 Å². The molecular formula is C8H12N5O+. The highest BCUT2D eigenvalue weighted by molar-refractivity contribution is 5.79. The zero-order chi connectivity index (χ0) is 10.1. The number of nitrogens with one attached hydrogen (secondary N) is 1. The highest BCUT2D eigenvalue weighted by atomic mass is 16.6. The molecule has 0 aliphatic carbocycles. The van der Waals surface area contributed by atoms with Gasteiger partial charge in [0.2, 0.25) is 5.52 Å². The quantitative estimate of drug-likeness (QED) is 0.530. The first-order valence-electron chi connectivity index (χ1n) is 4.18. The van der Waals surface area contributed by atoms with Gasteiger partial charge in [0.15, 0.2) is 18.5 Å². The van der Waals surface area contributed by atoms with Crippen LogP contribution in [-0.2, 0) is 18.9 Å². The Morgan fingerprint density at radius 3 is 3.00 bits per heavy atom. The predicted octanol–water partition coefficient (Wildman–Crippen LogP) is -0.234. The van der Waals surface area contributed by atoms with Crippen LogP contribution < -0.4 is 10.0 Å². The zero-order valence-corrected chi connectivity index (χ0v) is 8.35. The molecule has 0 bridgehead atoms. The third kappa shape index (κ3) is 1.20. The van der Waals surface area contributed by atoms with E-state index >= 15 is 0 Å². The second-order valence-electron chi connectivity index (χ2n) is 3.04. The zero-order valence-electron chi connectivity index (χ0n) is 8.35. The molecule has 0 saturated carbocycles. The second-order valence-corrected chi connectivity index (χ2v) is 3.04. The van der Waals surface area contributed by atoms with Gasteiger partial charge in [0, 0.05) is 0 Å². The first-order chi connectivity index (χ1) is 6.74. The van der Waals surface area contributed by atoms with E-state index in [1.54, 1.807) is 7.11 Å². The summed E-state index contributed by atoms with van der Waals surface area (Å²) in [7, 11) is 5.43. The minimum atomic E-state index is 0.667. The number of aromatic nitrogens is 4. The molecule has 74 valence electrons. The van der Waals surface area contributed by atoms with Crippen LogP contribution in [0.25, 0.3) is 11.2 Å². The molecule has 0 spiro atoms. The number of imidazole rings is 1. The van der Waals surface area contributed by atoms with E-state index in [0.717, 1.165) is 11.2 Å². The lowest BCUT2D eigenvalue weighted by Gasteiger charge is -1.99. The SMILES string of the molecule is CONc1ncnc2c1n(C)c[n+]2C. The Hall–Kier alpha value is -1.69. The Bertz CT molecular complexity index is 464. The summed E-state index contributed by atoms with van der Waals surface area (Å²) in [4.78, 5) is 13.1. The van der Waals surface area contributed by atoms with Crippen LogP contribution in [0.2, 0.25) is 0 Å². The normalized spacial score (nSPS) is 10.8. The fourth-order valence-corrected chi connectivity index (χ4v) is 1.50. The van der Waals surface area contributed by atoms with Crippen LogP contribution in [0.4, 0.5) is 5.82 Å². The smallest absolute Gasteiger partial charge is 0.278 e. The van der Waals surface area contributed by atoms with Crippen molar-refractivity contribution >= 4 is 17.0 Å². The van der Waals surface area contributed by atoms with Crippen LogP contribution in [0.3, 0.4) is 0 Å². The Morgan fingerprint density at radius 2 is 2.29 bits per heavy atom. The summed E-state index contributed by atoms with van der Waals surface area (Å²) in [5.74, 6) is 0.667. The molecule has 0 amide bonds. The molecule has 2 aromatic rings. The Kier molecular flexibility index (Phi) is 2.05. The average Bonchev–Trinajstić information content (AvgIpc) is 2.44. The number of hydrogen-bond donors (Lipinski definition) is 1. The minimum Gasteiger partial charge on any atom is -0.278 e. The van der Waals surface area contributed by atoms with E-state index in [1.165, 1.54) is 6.33 Å². The first kappa shape index (κ1) is 8.89. The maximum Gasteiger partial charge on any atom is 0.307 e. The largest absolute Gasteiger partial charge is 0.307 e. The van der Waals surface area contributed by atoms with Crippen molar-refractivity contribution in [1.82, 2.24) is 14.5 Å². The molecule has 6 nitrogen and oxygen atoms in total. The van der Waals surface area contributed by atoms with E-state index in [2.05, 4.69) is 15.4 Å². The minimum absolute atomic E-state index is 0.667. The Labute approximate surface area is 81.1 Å². The third-order valence-corrected chi connectivity index (χ3v) is 2.03. The fraction of sp³-hybridized carbons (Fsp3) is 0.375. The summed E-state index contributed by atoms with van der Waals surface area (Å²) in [6.07, 6.45) is 3.43. The fourth-order valence-electron chi connectivity index (χ4n) is 1.50. The highest BCUT2D eigenvalue weighted by Crippen LogP contribution is 2.15. The first-order valence-corrected chi connectivity index (χ1v) is 4.18. The van der Waals surface area contributed by atoms with E-state index in [9.17, 15) is 0 Å². The summed E-state index contributed by atoms with van der Waals surface area (Å²) in [6, 6.07) is 0. The lowest BCUT2D eigenvalue weighted by atomic mass is 10.5. The molecule has 6 heteroatoms. The molecule has 1 N–H and O–H groups in total. The summed E-state index contributed by atoms with van der Waals surface area (Å²) >= 11 is 0. The van der Waals surface area contributed by atoms with Gasteiger partial charge < -0.3 is 0 Å². The van der Waals surface area contributed by atoms with E-state index in [0.29, 0.717) is 5.82 Å². The molecular weight excluding hydrogens is 182 g/mol. The van der Waals surface area contributed by atoms with Gasteiger partial charge in [-0.25, -0.2) is 10.0 Å². The van der Waals surface area contributed by atoms with Gasteiger partial charge in [-0.15, -0.1) is 0 Å². The Morgan fingerprint density at radius 1 is 1.50 bits per heavy atom. The van der Waals surface area contributed by atoms with Gasteiger partial charge in [0.25, 0.3) is 0 Å². The van der Waals surface area contributed by atoms with Crippen molar-refractivity contribution in [1.29, 1.82) is 0 Å². The van der Waals surface area contributed by atoms with E-state index in [4.69, 9.17) is 4.84 Å². The topological polar surface area (TPSA) is 55.9 Å². The van der Waals surface area contributed by atoms with Crippen molar-refractivity contribution in [3.8, 4) is 0 Å². The van der Waals surface area contributed by atoms with Crippen LogP contribution in [0.15, 0.2) is 12.7 Å². The van der Waals surface area contributed by atoms with E-state index in [-0.39, 0.29) is 0 Å². The third-order valence-electron chi connectivity index (χ3n) is 2.03. The average molecular weight is 194 g/mol. The molecule has 0 saturated heterocycles. The predicted molar refractivity (Wildman–Crippen MR) is 50.3 cm³/mol. The van der Waals surface area contributed by atoms with Crippen LogP contribution in [-0.4, -0.2) is 21.6 Å². The van der Waals surface area contributed by atoms with Crippen molar-refractivity contribution in [2.45, 2.75) is 0 Å². The van der Waals surface area contributed by atoms with Gasteiger partial charge in [-0.1, -0.05) is 4.98 Å². The molecule has 0 aliphatic heterocycles. The van der Waals surface area contributed by atoms with Gasteiger partial charge in [0.1, 0.15) is 0 Å². The van der Waals surface area contributed by atoms with Gasteiger partial charge in [-0.2, -0.15) is 4.98 Å². The standard InChI is InChI=1S/C8H12N5O/c1-12-5-13(2)8-6(12)7(11-14-3)9-4-10-8/h4-5H,1-3H3,(H,9,10,11)/q+1. The lowest BCUT2D eigenvalue weighted by molar-refractivity contribution is -0.647. The molecule has 0 atom stereocenters.